The van der Waals surface area contributed by atoms with Crippen LogP contribution < -0.4 is 0 Å². The molecule has 0 heterocycles. The molecule has 0 aromatic rings. The maximum absolute atomic E-state index is 11.3. The molecule has 84 valence electrons. The van der Waals surface area contributed by atoms with Crippen molar-refractivity contribution in [1.29, 1.82) is 0 Å². The molecule has 0 atom stereocenters. The number of rotatable bonds is 4. The summed E-state index contributed by atoms with van der Waals surface area (Å²) in [5.74, 6) is -1.08. The fourth-order valence-corrected chi connectivity index (χ4v) is 0.587. The van der Waals surface area contributed by atoms with Gasteiger partial charge in [-0.25, -0.2) is 4.79 Å². The summed E-state index contributed by atoms with van der Waals surface area (Å²) in [7, 11) is 0. The third kappa shape index (κ3) is 6.60. The van der Waals surface area contributed by atoms with Crippen molar-refractivity contribution in [2.45, 2.75) is 27.7 Å². The lowest BCUT2D eigenvalue weighted by atomic mass is 9.91. The van der Waals surface area contributed by atoms with E-state index in [0.717, 1.165) is 12.2 Å². The average molecular weight is 212 g/mol. The van der Waals surface area contributed by atoms with Crippen molar-refractivity contribution in [1.82, 2.24) is 0 Å². The largest absolute Gasteiger partial charge is 0.455 e. The fraction of sp³-hybridized carbons (Fsp3) is 0.545. The van der Waals surface area contributed by atoms with Crippen molar-refractivity contribution in [2.75, 3.05) is 6.61 Å². The van der Waals surface area contributed by atoms with E-state index in [-0.39, 0.29) is 18.2 Å². The summed E-state index contributed by atoms with van der Waals surface area (Å²) >= 11 is 0. The Morgan fingerprint density at radius 2 is 1.67 bits per heavy atom. The first-order chi connectivity index (χ1) is 6.73. The van der Waals surface area contributed by atoms with Gasteiger partial charge in [0.1, 0.15) is 0 Å². The molecule has 0 radical (unpaired) electrons. The summed E-state index contributed by atoms with van der Waals surface area (Å²) in [4.78, 5) is 32.8. The lowest BCUT2D eigenvalue weighted by Crippen LogP contribution is -2.26. The molecule has 4 heteroatoms. The second-order valence-electron chi connectivity index (χ2n) is 4.22. The van der Waals surface area contributed by atoms with Crippen LogP contribution in [0.15, 0.2) is 12.2 Å². The Kier molecular flexibility index (Phi) is 4.91. The second-order valence-corrected chi connectivity index (χ2v) is 4.22. The van der Waals surface area contributed by atoms with Crippen molar-refractivity contribution in [3.63, 3.8) is 0 Å². The lowest BCUT2D eigenvalue weighted by molar-refractivity contribution is -0.145. The van der Waals surface area contributed by atoms with Crippen LogP contribution in [0.25, 0.3) is 0 Å². The minimum atomic E-state index is -0.678. The normalized spacial score (nSPS) is 11.5. The zero-order valence-electron chi connectivity index (χ0n) is 9.49. The monoisotopic (exact) mass is 212 g/mol. The van der Waals surface area contributed by atoms with Gasteiger partial charge in [0.2, 0.25) is 0 Å². The number of ketones is 2. The first kappa shape index (κ1) is 13.5. The van der Waals surface area contributed by atoms with Gasteiger partial charge in [0.15, 0.2) is 18.2 Å². The highest BCUT2D eigenvalue weighted by Gasteiger charge is 2.21. The van der Waals surface area contributed by atoms with Gasteiger partial charge in [0, 0.05) is 11.5 Å². The van der Waals surface area contributed by atoms with Crippen molar-refractivity contribution >= 4 is 17.5 Å². The van der Waals surface area contributed by atoms with Crippen molar-refractivity contribution in [3.05, 3.63) is 12.2 Å². The maximum atomic E-state index is 11.3. The molecule has 0 N–H and O–H groups in total. The van der Waals surface area contributed by atoms with Crippen molar-refractivity contribution in [2.24, 2.45) is 5.41 Å². The van der Waals surface area contributed by atoms with Gasteiger partial charge in [0.05, 0.1) is 0 Å². The summed E-state index contributed by atoms with van der Waals surface area (Å²) in [5, 5.41) is 0. The first-order valence-electron chi connectivity index (χ1n) is 4.62. The highest BCUT2D eigenvalue weighted by atomic mass is 16.5. The van der Waals surface area contributed by atoms with Crippen molar-refractivity contribution < 1.29 is 19.1 Å². The van der Waals surface area contributed by atoms with Crippen LogP contribution in [0.5, 0.6) is 0 Å². The Hall–Kier alpha value is -1.45. The Bertz CT molecular complexity index is 294. The number of hydrogen-bond acceptors (Lipinski definition) is 4. The molecule has 0 amide bonds. The standard InChI is InChI=1S/C11H16O4/c1-8(12)5-6-10(14)15-7-9(13)11(2,3)4/h5-6H,7H2,1-4H3/b6-5-. The van der Waals surface area contributed by atoms with E-state index in [1.165, 1.54) is 6.92 Å². The highest BCUT2D eigenvalue weighted by Crippen LogP contribution is 2.14. The number of allylic oxidation sites excluding steroid dienone is 1. The molecule has 0 spiro atoms. The quantitative estimate of drug-likeness (QED) is 0.520. The highest BCUT2D eigenvalue weighted by molar-refractivity contribution is 5.95. The summed E-state index contributed by atoms with van der Waals surface area (Å²) in [5.41, 5.74) is -0.523. The minimum Gasteiger partial charge on any atom is -0.455 e. The van der Waals surface area contributed by atoms with Gasteiger partial charge < -0.3 is 4.74 Å². The number of carbonyl (C=O) groups excluding carboxylic acids is 3. The van der Waals surface area contributed by atoms with E-state index in [9.17, 15) is 14.4 Å². The van der Waals surface area contributed by atoms with E-state index < -0.39 is 11.4 Å². The molecule has 0 rings (SSSR count). The summed E-state index contributed by atoms with van der Waals surface area (Å²) in [6.07, 6.45) is 2.11. The SMILES string of the molecule is CC(=O)/C=C\C(=O)OCC(=O)C(C)(C)C. The van der Waals surface area contributed by atoms with Gasteiger partial charge in [0.25, 0.3) is 0 Å². The van der Waals surface area contributed by atoms with Crippen LogP contribution in [0, 0.1) is 5.41 Å². The predicted molar refractivity (Wildman–Crippen MR) is 55.2 cm³/mol. The molecule has 0 saturated heterocycles. The Balaban J connectivity index is 4.03. The van der Waals surface area contributed by atoms with Crippen LogP contribution in [0.1, 0.15) is 27.7 Å². The van der Waals surface area contributed by atoms with E-state index in [2.05, 4.69) is 4.74 Å². The molecule has 0 fully saturated rings. The van der Waals surface area contributed by atoms with Crippen LogP contribution in [0.3, 0.4) is 0 Å². The predicted octanol–water partition coefficient (Wildman–Crippen LogP) is 1.29. The van der Waals surface area contributed by atoms with Crippen LogP contribution in [-0.2, 0) is 19.1 Å². The molecular formula is C11H16O4. The van der Waals surface area contributed by atoms with Gasteiger partial charge in [-0.3, -0.25) is 9.59 Å². The summed E-state index contributed by atoms with van der Waals surface area (Å²) in [6.45, 7) is 6.30. The Labute approximate surface area is 89.3 Å². The Morgan fingerprint density at radius 3 is 2.07 bits per heavy atom. The van der Waals surface area contributed by atoms with E-state index in [1.807, 2.05) is 0 Å². The van der Waals surface area contributed by atoms with E-state index in [1.54, 1.807) is 20.8 Å². The zero-order valence-corrected chi connectivity index (χ0v) is 9.49. The van der Waals surface area contributed by atoms with Crippen LogP contribution in [-0.4, -0.2) is 24.1 Å². The van der Waals surface area contributed by atoms with Gasteiger partial charge >= 0.3 is 5.97 Å². The average Bonchev–Trinajstić information content (AvgIpc) is 2.09. The van der Waals surface area contributed by atoms with Gasteiger partial charge in [-0.15, -0.1) is 0 Å². The van der Waals surface area contributed by atoms with Gasteiger partial charge in [-0.1, -0.05) is 20.8 Å². The number of esters is 1. The maximum Gasteiger partial charge on any atom is 0.331 e. The van der Waals surface area contributed by atoms with E-state index >= 15 is 0 Å². The lowest BCUT2D eigenvalue weighted by Gasteiger charge is -2.15. The molecule has 0 aliphatic heterocycles. The molecule has 0 aliphatic rings. The smallest absolute Gasteiger partial charge is 0.331 e. The molecule has 0 unspecified atom stereocenters. The van der Waals surface area contributed by atoms with Crippen molar-refractivity contribution in [3.8, 4) is 0 Å². The molecule has 0 bridgehead atoms. The molecule has 0 aromatic carbocycles. The molecule has 0 aliphatic carbocycles. The number of Topliss-reactive ketones (excluding diaryl/α,β-unsaturated/α-hetero) is 1. The molecular weight excluding hydrogens is 196 g/mol. The van der Waals surface area contributed by atoms with Crippen LogP contribution in [0.2, 0.25) is 0 Å². The first-order valence-corrected chi connectivity index (χ1v) is 4.62. The molecule has 4 nitrogen and oxygen atoms in total. The second kappa shape index (κ2) is 5.44. The Morgan fingerprint density at radius 1 is 1.13 bits per heavy atom. The van der Waals surface area contributed by atoms with E-state index in [4.69, 9.17) is 0 Å². The number of hydrogen-bond donors (Lipinski definition) is 0. The van der Waals surface area contributed by atoms with Crippen LogP contribution >= 0.6 is 0 Å². The third-order valence-corrected chi connectivity index (χ3v) is 1.64. The minimum absolute atomic E-state index is 0.160. The molecule has 0 aromatic heterocycles. The number of carbonyl (C=O) groups is 3. The van der Waals surface area contributed by atoms with E-state index in [0.29, 0.717) is 0 Å². The topological polar surface area (TPSA) is 60.4 Å². The molecule has 0 saturated carbocycles. The van der Waals surface area contributed by atoms with Crippen LogP contribution in [0.4, 0.5) is 0 Å². The summed E-state index contributed by atoms with van der Waals surface area (Å²) < 4.78 is 4.65. The third-order valence-electron chi connectivity index (χ3n) is 1.64. The summed E-state index contributed by atoms with van der Waals surface area (Å²) in [6, 6.07) is 0. The molecule has 15 heavy (non-hydrogen) atoms. The number of ether oxygens (including phenoxy) is 1. The zero-order chi connectivity index (χ0) is 12.1. The van der Waals surface area contributed by atoms with Gasteiger partial charge in [-0.2, -0.15) is 0 Å². The van der Waals surface area contributed by atoms with Gasteiger partial charge in [-0.05, 0) is 13.0 Å². The fourth-order valence-electron chi connectivity index (χ4n) is 0.587.